The van der Waals surface area contributed by atoms with Crippen LogP contribution >= 0.6 is 0 Å². The second-order valence-corrected chi connectivity index (χ2v) is 3.58. The molecule has 0 fully saturated rings. The quantitative estimate of drug-likeness (QED) is 0.474. The zero-order valence-electron chi connectivity index (χ0n) is 7.22. The van der Waals surface area contributed by atoms with Crippen molar-refractivity contribution in [2.45, 2.75) is 31.8 Å². The highest BCUT2D eigenvalue weighted by Crippen LogP contribution is 2.33. The van der Waals surface area contributed by atoms with Gasteiger partial charge in [-0.3, -0.25) is 0 Å². The van der Waals surface area contributed by atoms with E-state index in [2.05, 4.69) is 10.3 Å². The van der Waals surface area contributed by atoms with Gasteiger partial charge < -0.3 is 16.8 Å². The Bertz CT molecular complexity index is 275. The van der Waals surface area contributed by atoms with E-state index >= 15 is 0 Å². The maximum absolute atomic E-state index is 5.99. The summed E-state index contributed by atoms with van der Waals surface area (Å²) < 4.78 is 0. The number of nitrogens with zero attached hydrogens (tertiary/aromatic N) is 1. The molecule has 5 N–H and O–H groups in total. The summed E-state index contributed by atoms with van der Waals surface area (Å²) in [6.45, 7) is 1.90. The highest BCUT2D eigenvalue weighted by molar-refractivity contribution is 5.82. The first kappa shape index (κ1) is 7.61. The summed E-state index contributed by atoms with van der Waals surface area (Å²) in [6, 6.07) is 0. The molecule has 0 bridgehead atoms. The van der Waals surface area contributed by atoms with Gasteiger partial charge in [0.1, 0.15) is 5.66 Å². The molecule has 4 heteroatoms. The topological polar surface area (TPSA) is 76.4 Å². The fourth-order valence-corrected chi connectivity index (χ4v) is 1.94. The van der Waals surface area contributed by atoms with Crippen LogP contribution in [0.15, 0.2) is 16.3 Å². The van der Waals surface area contributed by atoms with E-state index in [9.17, 15) is 0 Å². The molecule has 0 aromatic heterocycles. The lowest BCUT2D eigenvalue weighted by atomic mass is 10.0. The molecule has 0 aromatic rings. The molecule has 1 atom stereocenters. The van der Waals surface area contributed by atoms with Gasteiger partial charge in [-0.15, -0.1) is 0 Å². The molecular weight excluding hydrogens is 152 g/mol. The molecule has 1 aliphatic heterocycles. The second kappa shape index (κ2) is 2.23. The molecule has 0 saturated carbocycles. The first-order chi connectivity index (χ1) is 5.59. The van der Waals surface area contributed by atoms with Gasteiger partial charge in [-0.05, 0) is 31.8 Å². The molecule has 12 heavy (non-hydrogen) atoms. The Morgan fingerprint density at radius 2 is 2.25 bits per heavy atom. The van der Waals surface area contributed by atoms with E-state index in [0.29, 0.717) is 5.96 Å². The highest BCUT2D eigenvalue weighted by Gasteiger charge is 2.33. The Morgan fingerprint density at radius 1 is 1.50 bits per heavy atom. The van der Waals surface area contributed by atoms with Gasteiger partial charge in [0.2, 0.25) is 0 Å². The van der Waals surface area contributed by atoms with Crippen molar-refractivity contribution in [3.8, 4) is 0 Å². The van der Waals surface area contributed by atoms with E-state index in [1.165, 1.54) is 11.3 Å². The molecule has 1 aliphatic carbocycles. The number of nitrogens with two attached hydrogens (primary N) is 2. The Hall–Kier alpha value is -1.03. The molecule has 1 unspecified atom stereocenters. The zero-order valence-corrected chi connectivity index (χ0v) is 7.22. The average Bonchev–Trinajstić information content (AvgIpc) is 2.32. The molecule has 4 nitrogen and oxygen atoms in total. The van der Waals surface area contributed by atoms with Gasteiger partial charge in [0.05, 0.1) is 0 Å². The third kappa shape index (κ3) is 0.992. The summed E-state index contributed by atoms with van der Waals surface area (Å²) in [5.41, 5.74) is 13.4. The highest BCUT2D eigenvalue weighted by atomic mass is 15.2. The van der Waals surface area contributed by atoms with Gasteiger partial charge in [-0.25, -0.2) is 4.99 Å². The zero-order chi connectivity index (χ0) is 8.77. The molecule has 2 aliphatic rings. The van der Waals surface area contributed by atoms with Crippen molar-refractivity contribution in [1.82, 2.24) is 5.32 Å². The maximum Gasteiger partial charge on any atom is 0.195 e. The van der Waals surface area contributed by atoms with Crippen molar-refractivity contribution in [2.75, 3.05) is 0 Å². The number of hydrogen-bond acceptors (Lipinski definition) is 4. The summed E-state index contributed by atoms with van der Waals surface area (Å²) >= 11 is 0. The monoisotopic (exact) mass is 166 g/mol. The van der Waals surface area contributed by atoms with Crippen molar-refractivity contribution < 1.29 is 0 Å². The Labute approximate surface area is 71.7 Å². The fourth-order valence-electron chi connectivity index (χ4n) is 1.94. The number of rotatable bonds is 0. The fraction of sp³-hybridized carbons (Fsp3) is 0.625. The summed E-state index contributed by atoms with van der Waals surface area (Å²) in [5, 5.41) is 3.06. The molecular formula is C8H14N4. The standard InChI is InChI=1S/C8H14N4/c1-8(10)5-3-2-4-6(5)11-7(9)12-8/h2-4,10H2,1H3,(H3,9,11,12). The lowest BCUT2D eigenvalue weighted by Crippen LogP contribution is -2.47. The van der Waals surface area contributed by atoms with Crippen molar-refractivity contribution in [2.24, 2.45) is 16.5 Å². The maximum atomic E-state index is 5.99. The van der Waals surface area contributed by atoms with E-state index in [-0.39, 0.29) is 0 Å². The molecule has 0 amide bonds. The van der Waals surface area contributed by atoms with Gasteiger partial charge in [-0.1, -0.05) is 0 Å². The van der Waals surface area contributed by atoms with Crippen LogP contribution in [-0.2, 0) is 0 Å². The van der Waals surface area contributed by atoms with Gasteiger partial charge in [0.25, 0.3) is 0 Å². The van der Waals surface area contributed by atoms with Crippen LogP contribution in [-0.4, -0.2) is 11.6 Å². The van der Waals surface area contributed by atoms with Crippen molar-refractivity contribution in [3.63, 3.8) is 0 Å². The number of aliphatic imine (C=N–C) groups is 1. The lowest BCUT2D eigenvalue weighted by molar-refractivity contribution is 0.547. The third-order valence-corrected chi connectivity index (χ3v) is 2.46. The predicted molar refractivity (Wildman–Crippen MR) is 48.2 cm³/mol. The minimum absolute atomic E-state index is 0.445. The first-order valence-electron chi connectivity index (χ1n) is 4.23. The van der Waals surface area contributed by atoms with Gasteiger partial charge in [-0.2, -0.15) is 0 Å². The third-order valence-electron chi connectivity index (χ3n) is 2.46. The second-order valence-electron chi connectivity index (χ2n) is 3.58. The first-order valence-corrected chi connectivity index (χ1v) is 4.23. The minimum atomic E-state index is -0.568. The smallest absolute Gasteiger partial charge is 0.195 e. The number of hydrogen-bond donors (Lipinski definition) is 3. The Balaban J connectivity index is 2.38. The number of nitrogens with one attached hydrogen (secondary N) is 1. The van der Waals surface area contributed by atoms with Gasteiger partial charge >= 0.3 is 0 Å². The molecule has 0 aromatic carbocycles. The summed E-state index contributed by atoms with van der Waals surface area (Å²) in [5.74, 6) is 0.445. The van der Waals surface area contributed by atoms with Crippen LogP contribution in [0.5, 0.6) is 0 Å². The molecule has 2 rings (SSSR count). The largest absolute Gasteiger partial charge is 0.370 e. The van der Waals surface area contributed by atoms with Crippen LogP contribution in [0.3, 0.4) is 0 Å². The van der Waals surface area contributed by atoms with Crippen LogP contribution in [0.2, 0.25) is 0 Å². The summed E-state index contributed by atoms with van der Waals surface area (Å²) in [4.78, 5) is 4.16. The summed E-state index contributed by atoms with van der Waals surface area (Å²) in [7, 11) is 0. The van der Waals surface area contributed by atoms with E-state index in [1.54, 1.807) is 0 Å². The van der Waals surface area contributed by atoms with Crippen molar-refractivity contribution in [1.29, 1.82) is 0 Å². The normalized spacial score (nSPS) is 34.3. The van der Waals surface area contributed by atoms with E-state index < -0.39 is 5.66 Å². The molecule has 1 heterocycles. The Kier molecular flexibility index (Phi) is 1.41. The molecule has 0 spiro atoms. The van der Waals surface area contributed by atoms with Crippen LogP contribution in [0.25, 0.3) is 0 Å². The van der Waals surface area contributed by atoms with Crippen LogP contribution in [0, 0.1) is 0 Å². The van der Waals surface area contributed by atoms with Crippen LogP contribution in [0.4, 0.5) is 0 Å². The molecule has 0 saturated heterocycles. The number of guanidine groups is 1. The van der Waals surface area contributed by atoms with Crippen molar-refractivity contribution in [3.05, 3.63) is 11.3 Å². The van der Waals surface area contributed by atoms with Gasteiger partial charge in [0, 0.05) is 5.70 Å². The SMILES string of the molecule is CC1(N)N=C(N)NC2=C1CCC2. The predicted octanol–water partition coefficient (Wildman–Crippen LogP) is 0.0172. The van der Waals surface area contributed by atoms with E-state index in [4.69, 9.17) is 11.5 Å². The lowest BCUT2D eigenvalue weighted by Gasteiger charge is -2.28. The van der Waals surface area contributed by atoms with Gasteiger partial charge in [0.15, 0.2) is 5.96 Å². The van der Waals surface area contributed by atoms with E-state index in [1.807, 2.05) is 6.92 Å². The molecule has 0 radical (unpaired) electrons. The van der Waals surface area contributed by atoms with Crippen LogP contribution < -0.4 is 16.8 Å². The van der Waals surface area contributed by atoms with Crippen LogP contribution in [0.1, 0.15) is 26.2 Å². The summed E-state index contributed by atoms with van der Waals surface area (Å²) in [6.07, 6.45) is 3.26. The molecule has 66 valence electrons. The van der Waals surface area contributed by atoms with E-state index in [0.717, 1.165) is 19.3 Å². The minimum Gasteiger partial charge on any atom is -0.370 e. The van der Waals surface area contributed by atoms with Crippen molar-refractivity contribution >= 4 is 5.96 Å². The number of allylic oxidation sites excluding steroid dienone is 1. The average molecular weight is 166 g/mol. The Morgan fingerprint density at radius 3 is 3.00 bits per heavy atom.